The molecule has 0 amide bonds. The van der Waals surface area contributed by atoms with Crippen LogP contribution in [0, 0.1) is 11.2 Å². The molecule has 0 bridgehead atoms. The molecule has 5 heteroatoms. The van der Waals surface area contributed by atoms with E-state index >= 15 is 0 Å². The van der Waals surface area contributed by atoms with Crippen LogP contribution >= 0.6 is 24.0 Å². The number of nitrogens with zero attached hydrogens (tertiary/aromatic N) is 1. The van der Waals surface area contributed by atoms with Gasteiger partial charge in [-0.3, -0.25) is 4.90 Å². The van der Waals surface area contributed by atoms with Gasteiger partial charge in [-0.05, 0) is 29.5 Å². The summed E-state index contributed by atoms with van der Waals surface area (Å²) in [4.78, 5) is 2.35. The van der Waals surface area contributed by atoms with Crippen LogP contribution in [0.2, 0.25) is 5.02 Å². The monoisotopic (exact) mass is 306 g/mol. The number of benzene rings is 1. The van der Waals surface area contributed by atoms with Gasteiger partial charge < -0.3 is 5.73 Å². The molecule has 1 unspecified atom stereocenters. The lowest BCUT2D eigenvalue weighted by molar-refractivity contribution is 0.0899. The van der Waals surface area contributed by atoms with Crippen molar-refractivity contribution in [2.24, 2.45) is 11.1 Å². The van der Waals surface area contributed by atoms with Crippen molar-refractivity contribution in [3.63, 3.8) is 0 Å². The van der Waals surface area contributed by atoms with Crippen LogP contribution < -0.4 is 5.73 Å². The fourth-order valence-electron chi connectivity index (χ4n) is 2.52. The molecule has 1 aliphatic heterocycles. The highest BCUT2D eigenvalue weighted by molar-refractivity contribution is 6.30. The molecule has 108 valence electrons. The Balaban J connectivity index is 0.00000180. The Morgan fingerprint density at radius 1 is 1.47 bits per heavy atom. The van der Waals surface area contributed by atoms with Gasteiger partial charge in [-0.1, -0.05) is 31.5 Å². The average Bonchev–Trinajstić information content (AvgIpc) is 2.28. The number of halogens is 3. The minimum absolute atomic E-state index is 0. The van der Waals surface area contributed by atoms with E-state index < -0.39 is 0 Å². The molecule has 2 nitrogen and oxygen atoms in total. The van der Waals surface area contributed by atoms with E-state index in [4.69, 9.17) is 17.3 Å². The fraction of sp³-hybridized carbons (Fsp3) is 0.571. The zero-order chi connectivity index (χ0) is 13.3. The summed E-state index contributed by atoms with van der Waals surface area (Å²) in [5, 5.41) is 0.195. The number of piperidine rings is 1. The molecule has 1 aliphatic rings. The van der Waals surface area contributed by atoms with Crippen molar-refractivity contribution in [2.75, 3.05) is 13.1 Å². The normalized spacial score (nSPS) is 22.9. The third-order valence-electron chi connectivity index (χ3n) is 3.78. The SMILES string of the molecule is CC1(C)CN(Cc2ccc(F)c(Cl)c2)CCC1N.Cl. The highest BCUT2D eigenvalue weighted by Crippen LogP contribution is 2.29. The van der Waals surface area contributed by atoms with Gasteiger partial charge in [-0.15, -0.1) is 12.4 Å². The van der Waals surface area contributed by atoms with E-state index in [0.29, 0.717) is 0 Å². The third kappa shape index (κ3) is 4.06. The molecule has 1 saturated heterocycles. The van der Waals surface area contributed by atoms with Gasteiger partial charge in [0.2, 0.25) is 0 Å². The van der Waals surface area contributed by atoms with Crippen molar-refractivity contribution in [3.8, 4) is 0 Å². The Hall–Kier alpha value is -0.350. The molecule has 1 aromatic rings. The maximum absolute atomic E-state index is 13.1. The van der Waals surface area contributed by atoms with E-state index in [1.165, 1.54) is 6.07 Å². The van der Waals surface area contributed by atoms with Crippen LogP contribution in [0.4, 0.5) is 4.39 Å². The van der Waals surface area contributed by atoms with Crippen molar-refractivity contribution in [3.05, 3.63) is 34.6 Å². The lowest BCUT2D eigenvalue weighted by Crippen LogP contribution is -2.52. The number of rotatable bonds is 2. The van der Waals surface area contributed by atoms with Gasteiger partial charge in [-0.25, -0.2) is 4.39 Å². The Kier molecular flexibility index (Phi) is 5.63. The zero-order valence-electron chi connectivity index (χ0n) is 11.3. The quantitative estimate of drug-likeness (QED) is 0.906. The summed E-state index contributed by atoms with van der Waals surface area (Å²) < 4.78 is 13.1. The minimum atomic E-state index is -0.360. The maximum atomic E-state index is 13.1. The van der Waals surface area contributed by atoms with Gasteiger partial charge in [0.1, 0.15) is 5.82 Å². The van der Waals surface area contributed by atoms with Gasteiger partial charge in [0, 0.05) is 25.7 Å². The molecule has 0 aliphatic carbocycles. The van der Waals surface area contributed by atoms with Crippen LogP contribution in [0.25, 0.3) is 0 Å². The molecular formula is C14H21Cl2FN2. The fourth-order valence-corrected chi connectivity index (χ4v) is 2.72. The first-order valence-electron chi connectivity index (χ1n) is 6.30. The molecule has 2 N–H and O–H groups in total. The van der Waals surface area contributed by atoms with Gasteiger partial charge in [0.05, 0.1) is 5.02 Å². The van der Waals surface area contributed by atoms with Crippen molar-refractivity contribution >= 4 is 24.0 Å². The van der Waals surface area contributed by atoms with Crippen LogP contribution in [-0.4, -0.2) is 24.0 Å². The second-order valence-electron chi connectivity index (χ2n) is 5.84. The Labute approximate surface area is 125 Å². The van der Waals surface area contributed by atoms with Crippen LogP contribution in [0.5, 0.6) is 0 Å². The van der Waals surface area contributed by atoms with Gasteiger partial charge in [0.25, 0.3) is 0 Å². The van der Waals surface area contributed by atoms with Crippen molar-refractivity contribution < 1.29 is 4.39 Å². The number of hydrogen-bond acceptors (Lipinski definition) is 2. The summed E-state index contributed by atoms with van der Waals surface area (Å²) in [6.07, 6.45) is 1.00. The molecule has 0 radical (unpaired) electrons. The summed E-state index contributed by atoms with van der Waals surface area (Å²) in [6, 6.07) is 5.19. The van der Waals surface area contributed by atoms with E-state index in [-0.39, 0.29) is 34.7 Å². The summed E-state index contributed by atoms with van der Waals surface area (Å²) >= 11 is 5.80. The first-order valence-corrected chi connectivity index (χ1v) is 6.68. The second-order valence-corrected chi connectivity index (χ2v) is 6.25. The van der Waals surface area contributed by atoms with Crippen LogP contribution in [0.15, 0.2) is 18.2 Å². The second kappa shape index (κ2) is 6.40. The van der Waals surface area contributed by atoms with Crippen molar-refractivity contribution in [1.82, 2.24) is 4.90 Å². The third-order valence-corrected chi connectivity index (χ3v) is 4.07. The van der Waals surface area contributed by atoms with Crippen LogP contribution in [0.1, 0.15) is 25.8 Å². The van der Waals surface area contributed by atoms with E-state index in [2.05, 4.69) is 18.7 Å². The lowest BCUT2D eigenvalue weighted by Gasteiger charge is -2.42. The van der Waals surface area contributed by atoms with E-state index in [0.717, 1.165) is 31.6 Å². The number of likely N-dealkylation sites (tertiary alicyclic amines) is 1. The maximum Gasteiger partial charge on any atom is 0.141 e. The zero-order valence-corrected chi connectivity index (χ0v) is 12.9. The summed E-state index contributed by atoms with van der Waals surface area (Å²) in [7, 11) is 0. The molecule has 0 spiro atoms. The van der Waals surface area contributed by atoms with E-state index in [1.807, 2.05) is 0 Å². The molecule has 1 fully saturated rings. The van der Waals surface area contributed by atoms with Gasteiger partial charge in [0.15, 0.2) is 0 Å². The number of nitrogens with two attached hydrogens (primary N) is 1. The predicted molar refractivity (Wildman–Crippen MR) is 80.3 cm³/mol. The standard InChI is InChI=1S/C14H20ClFN2.ClH/c1-14(2)9-18(6-5-13(14)17)8-10-3-4-12(16)11(15)7-10;/h3-4,7,13H,5-6,8-9,17H2,1-2H3;1H. The Morgan fingerprint density at radius 2 is 2.16 bits per heavy atom. The molecule has 2 rings (SSSR count). The average molecular weight is 307 g/mol. The summed E-state index contributed by atoms with van der Waals surface area (Å²) in [5.74, 6) is -0.360. The Morgan fingerprint density at radius 3 is 2.74 bits per heavy atom. The topological polar surface area (TPSA) is 29.3 Å². The molecular weight excluding hydrogens is 286 g/mol. The molecule has 0 aromatic heterocycles. The smallest absolute Gasteiger partial charge is 0.141 e. The summed E-state index contributed by atoms with van der Waals surface area (Å²) in [6.45, 7) is 7.14. The Bertz CT molecular complexity index is 437. The highest BCUT2D eigenvalue weighted by Gasteiger charge is 2.33. The first kappa shape index (κ1) is 16.7. The molecule has 1 heterocycles. The molecule has 1 aromatic carbocycles. The minimum Gasteiger partial charge on any atom is -0.327 e. The van der Waals surface area contributed by atoms with Gasteiger partial charge in [-0.2, -0.15) is 0 Å². The van der Waals surface area contributed by atoms with E-state index in [9.17, 15) is 4.39 Å². The van der Waals surface area contributed by atoms with Crippen LogP contribution in [0.3, 0.4) is 0 Å². The largest absolute Gasteiger partial charge is 0.327 e. The van der Waals surface area contributed by atoms with Crippen molar-refractivity contribution in [1.29, 1.82) is 0 Å². The predicted octanol–water partition coefficient (Wildman–Crippen LogP) is 3.46. The first-order chi connectivity index (χ1) is 8.38. The summed E-state index contributed by atoms with van der Waals surface area (Å²) in [5.41, 5.74) is 7.29. The molecule has 19 heavy (non-hydrogen) atoms. The van der Waals surface area contributed by atoms with Gasteiger partial charge >= 0.3 is 0 Å². The number of hydrogen-bond donors (Lipinski definition) is 1. The molecule has 0 saturated carbocycles. The van der Waals surface area contributed by atoms with E-state index in [1.54, 1.807) is 12.1 Å². The molecule has 1 atom stereocenters. The van der Waals surface area contributed by atoms with Crippen molar-refractivity contribution in [2.45, 2.75) is 32.9 Å². The van der Waals surface area contributed by atoms with Crippen LogP contribution in [-0.2, 0) is 6.54 Å². The highest BCUT2D eigenvalue weighted by atomic mass is 35.5. The lowest BCUT2D eigenvalue weighted by atomic mass is 9.79.